The van der Waals surface area contributed by atoms with Crippen LogP contribution >= 0.6 is 23.8 Å². The average Bonchev–Trinajstić information content (AvgIpc) is 2.44. The lowest BCUT2D eigenvalue weighted by molar-refractivity contribution is 0.466. The van der Waals surface area contributed by atoms with Gasteiger partial charge >= 0.3 is 0 Å². The quantitative estimate of drug-likeness (QED) is 0.623. The van der Waals surface area contributed by atoms with Crippen LogP contribution < -0.4 is 0 Å². The number of benzene rings is 2. The Hall–Kier alpha value is -0.640. The summed E-state index contributed by atoms with van der Waals surface area (Å²) in [5.41, 5.74) is 0. The zero-order chi connectivity index (χ0) is 9.38. The fraction of sp³-hybridized carbons (Fsp3) is 0.0909. The van der Waals surface area contributed by atoms with Gasteiger partial charge in [0.15, 0.2) is 0 Å². The minimum absolute atomic E-state index is 0.721. The van der Waals surface area contributed by atoms with Crippen molar-refractivity contribution in [2.45, 2.75) is 9.79 Å². The molecule has 0 spiro atoms. The second kappa shape index (κ2) is 3.50. The third-order valence-electron chi connectivity index (χ3n) is 2.24. The molecule has 70 valence electrons. The van der Waals surface area contributed by atoms with E-state index in [-0.39, 0.29) is 0 Å². The van der Waals surface area contributed by atoms with Crippen molar-refractivity contribution < 1.29 is 4.18 Å². The van der Waals surface area contributed by atoms with Gasteiger partial charge in [0.1, 0.15) is 5.94 Å². The zero-order valence-corrected chi connectivity index (χ0v) is 9.03. The lowest BCUT2D eigenvalue weighted by Crippen LogP contribution is -1.78. The third-order valence-corrected chi connectivity index (χ3v) is 4.03. The Bertz CT molecular complexity index is 441. The fourth-order valence-electron chi connectivity index (χ4n) is 1.64. The Kier molecular flexibility index (Phi) is 2.16. The molecule has 2 aromatic rings. The number of rotatable bonds is 0. The van der Waals surface area contributed by atoms with Crippen LogP contribution in [0.15, 0.2) is 46.2 Å². The van der Waals surface area contributed by atoms with Gasteiger partial charge in [-0.3, -0.25) is 4.18 Å². The standard InChI is InChI=1S/C11H8OS2/c1-3-8-4-2-6-10-11(8)9(5-1)13-7-12-14-10/h1-6H,7H2. The van der Waals surface area contributed by atoms with Gasteiger partial charge in [-0.05, 0) is 17.5 Å². The van der Waals surface area contributed by atoms with E-state index in [4.69, 9.17) is 4.18 Å². The topological polar surface area (TPSA) is 9.23 Å². The third kappa shape index (κ3) is 1.32. The van der Waals surface area contributed by atoms with Gasteiger partial charge in [0, 0.05) is 27.2 Å². The van der Waals surface area contributed by atoms with E-state index in [9.17, 15) is 0 Å². The molecule has 2 aromatic carbocycles. The first-order valence-electron chi connectivity index (χ1n) is 4.39. The first-order chi connectivity index (χ1) is 6.95. The smallest absolute Gasteiger partial charge is 0.112 e. The Balaban J connectivity index is 2.41. The van der Waals surface area contributed by atoms with Crippen LogP contribution in [0.1, 0.15) is 0 Å². The largest absolute Gasteiger partial charge is 0.299 e. The van der Waals surface area contributed by atoms with E-state index in [2.05, 4.69) is 36.4 Å². The molecule has 3 heteroatoms. The van der Waals surface area contributed by atoms with Crippen molar-refractivity contribution in [2.75, 3.05) is 5.94 Å². The molecule has 14 heavy (non-hydrogen) atoms. The lowest BCUT2D eigenvalue weighted by Gasteiger charge is -2.04. The SMILES string of the molecule is c1cc2c3c(cccc3c1)SOCS2. The van der Waals surface area contributed by atoms with Crippen LogP contribution in [-0.2, 0) is 4.18 Å². The molecule has 1 nitrogen and oxygen atoms in total. The first kappa shape index (κ1) is 8.65. The van der Waals surface area contributed by atoms with Crippen molar-refractivity contribution in [1.82, 2.24) is 0 Å². The molecule has 0 bridgehead atoms. The summed E-state index contributed by atoms with van der Waals surface area (Å²) >= 11 is 3.24. The predicted octanol–water partition coefficient (Wildman–Crippen LogP) is 3.93. The van der Waals surface area contributed by atoms with E-state index in [0.717, 1.165) is 5.94 Å². The van der Waals surface area contributed by atoms with E-state index in [1.54, 1.807) is 11.8 Å². The maximum atomic E-state index is 5.45. The molecular weight excluding hydrogens is 212 g/mol. The van der Waals surface area contributed by atoms with Crippen LogP contribution in [0.3, 0.4) is 0 Å². The monoisotopic (exact) mass is 220 g/mol. The highest BCUT2D eigenvalue weighted by Crippen LogP contribution is 2.39. The fourth-order valence-corrected chi connectivity index (χ4v) is 3.33. The normalized spacial score (nSPS) is 15.4. The minimum atomic E-state index is 0.721. The van der Waals surface area contributed by atoms with Gasteiger partial charge in [-0.2, -0.15) is 0 Å². The molecule has 3 rings (SSSR count). The van der Waals surface area contributed by atoms with Gasteiger partial charge in [-0.1, -0.05) is 36.0 Å². The molecule has 0 unspecified atom stereocenters. The molecule has 0 fully saturated rings. The number of hydrogen-bond donors (Lipinski definition) is 0. The molecule has 0 saturated heterocycles. The molecule has 0 aromatic heterocycles. The summed E-state index contributed by atoms with van der Waals surface area (Å²) in [5.74, 6) is 0.721. The van der Waals surface area contributed by atoms with E-state index >= 15 is 0 Å². The van der Waals surface area contributed by atoms with Gasteiger partial charge < -0.3 is 0 Å². The van der Waals surface area contributed by atoms with Gasteiger partial charge in [-0.15, -0.1) is 0 Å². The Morgan fingerprint density at radius 2 is 1.79 bits per heavy atom. The molecule has 0 atom stereocenters. The van der Waals surface area contributed by atoms with Crippen LogP contribution in [0, 0.1) is 0 Å². The summed E-state index contributed by atoms with van der Waals surface area (Å²) < 4.78 is 5.45. The Morgan fingerprint density at radius 1 is 1.00 bits per heavy atom. The molecule has 0 amide bonds. The summed E-state index contributed by atoms with van der Waals surface area (Å²) in [5, 5.41) is 2.63. The minimum Gasteiger partial charge on any atom is -0.299 e. The van der Waals surface area contributed by atoms with Gasteiger partial charge in [-0.25, -0.2) is 0 Å². The maximum absolute atomic E-state index is 5.45. The predicted molar refractivity (Wildman–Crippen MR) is 61.6 cm³/mol. The van der Waals surface area contributed by atoms with Crippen LogP contribution in [0.25, 0.3) is 10.8 Å². The number of thioether (sulfide) groups is 1. The molecule has 0 saturated carbocycles. The highest BCUT2D eigenvalue weighted by Gasteiger charge is 2.11. The second-order valence-electron chi connectivity index (χ2n) is 3.07. The maximum Gasteiger partial charge on any atom is 0.112 e. The van der Waals surface area contributed by atoms with Crippen LogP contribution in [0.5, 0.6) is 0 Å². The van der Waals surface area contributed by atoms with Crippen molar-refractivity contribution in [1.29, 1.82) is 0 Å². The Labute approximate surface area is 91.0 Å². The second-order valence-corrected chi connectivity index (χ2v) is 4.88. The van der Waals surface area contributed by atoms with Crippen molar-refractivity contribution in [3.05, 3.63) is 36.4 Å². The van der Waals surface area contributed by atoms with Gasteiger partial charge in [0.25, 0.3) is 0 Å². The average molecular weight is 220 g/mol. The zero-order valence-electron chi connectivity index (χ0n) is 7.40. The molecule has 1 aliphatic rings. The molecular formula is C11H8OS2. The molecule has 1 heterocycles. The van der Waals surface area contributed by atoms with Gasteiger partial charge in [0.2, 0.25) is 0 Å². The summed E-state index contributed by atoms with van der Waals surface area (Å²) in [4.78, 5) is 2.55. The van der Waals surface area contributed by atoms with Crippen molar-refractivity contribution in [2.24, 2.45) is 0 Å². The van der Waals surface area contributed by atoms with Crippen molar-refractivity contribution >= 4 is 34.6 Å². The highest BCUT2D eigenvalue weighted by molar-refractivity contribution is 8.01. The van der Waals surface area contributed by atoms with E-state index < -0.39 is 0 Å². The molecule has 1 aliphatic heterocycles. The summed E-state index contributed by atoms with van der Waals surface area (Å²) in [6.45, 7) is 0. The lowest BCUT2D eigenvalue weighted by atomic mass is 10.1. The number of hydrogen-bond acceptors (Lipinski definition) is 3. The highest BCUT2D eigenvalue weighted by atomic mass is 32.2. The molecule has 0 N–H and O–H groups in total. The molecule has 0 aliphatic carbocycles. The Morgan fingerprint density at radius 3 is 2.64 bits per heavy atom. The van der Waals surface area contributed by atoms with Crippen LogP contribution in [-0.4, -0.2) is 5.94 Å². The van der Waals surface area contributed by atoms with E-state index in [1.807, 2.05) is 0 Å². The van der Waals surface area contributed by atoms with Crippen molar-refractivity contribution in [3.8, 4) is 0 Å². The summed E-state index contributed by atoms with van der Waals surface area (Å²) in [6.07, 6.45) is 0. The summed E-state index contributed by atoms with van der Waals surface area (Å²) in [7, 11) is 0. The first-order valence-corrected chi connectivity index (χ1v) is 6.12. The van der Waals surface area contributed by atoms with Crippen molar-refractivity contribution in [3.63, 3.8) is 0 Å². The summed E-state index contributed by atoms with van der Waals surface area (Å²) in [6, 6.07) is 12.7. The van der Waals surface area contributed by atoms with Gasteiger partial charge in [0.05, 0.1) is 0 Å². The molecule has 0 radical (unpaired) electrons. The van der Waals surface area contributed by atoms with E-state index in [0.29, 0.717) is 0 Å². The van der Waals surface area contributed by atoms with E-state index in [1.165, 1.54) is 32.6 Å². The van der Waals surface area contributed by atoms with Crippen LogP contribution in [0.4, 0.5) is 0 Å². The van der Waals surface area contributed by atoms with Crippen LogP contribution in [0.2, 0.25) is 0 Å².